The fourth-order valence-corrected chi connectivity index (χ4v) is 1.40. The highest BCUT2D eigenvalue weighted by Gasteiger charge is 2.09. The Balaban J connectivity index is 2.01. The van der Waals surface area contributed by atoms with Gasteiger partial charge in [0.25, 0.3) is 0 Å². The fraction of sp³-hybridized carbons (Fsp3) is 0.182. The second-order valence-corrected chi connectivity index (χ2v) is 3.60. The molecule has 0 aliphatic heterocycles. The summed E-state index contributed by atoms with van der Waals surface area (Å²) in [5.41, 5.74) is 0.567. The summed E-state index contributed by atoms with van der Waals surface area (Å²) in [5, 5.41) is 18.5. The maximum atomic E-state index is 11.6. The number of aromatic nitrogens is 3. The van der Waals surface area contributed by atoms with Crippen LogP contribution in [0.1, 0.15) is 11.4 Å². The van der Waals surface area contributed by atoms with E-state index in [1.54, 1.807) is 31.2 Å². The Hall–Kier alpha value is -2.37. The first-order chi connectivity index (χ1) is 8.15. The lowest BCUT2D eigenvalue weighted by Gasteiger charge is -2.03. The zero-order chi connectivity index (χ0) is 12.3. The van der Waals surface area contributed by atoms with E-state index in [0.717, 1.165) is 0 Å². The highest BCUT2D eigenvalue weighted by Crippen LogP contribution is 2.16. The number of phenols is 1. The van der Waals surface area contributed by atoms with E-state index >= 15 is 0 Å². The topological polar surface area (TPSA) is 90.9 Å². The number of aromatic amines is 1. The van der Waals surface area contributed by atoms with Crippen molar-refractivity contribution in [2.75, 3.05) is 5.32 Å². The van der Waals surface area contributed by atoms with E-state index in [1.807, 2.05) is 0 Å². The van der Waals surface area contributed by atoms with Crippen LogP contribution in [0.2, 0.25) is 0 Å². The van der Waals surface area contributed by atoms with Crippen molar-refractivity contribution in [1.29, 1.82) is 0 Å². The molecule has 0 radical (unpaired) electrons. The molecule has 1 aromatic heterocycles. The number of H-pyrrole nitrogens is 1. The molecule has 3 N–H and O–H groups in total. The summed E-state index contributed by atoms with van der Waals surface area (Å²) in [7, 11) is 0. The van der Waals surface area contributed by atoms with Crippen LogP contribution >= 0.6 is 0 Å². The average Bonchev–Trinajstić information content (AvgIpc) is 2.67. The molecule has 1 amide bonds. The number of benzene rings is 1. The number of aromatic hydroxyl groups is 1. The summed E-state index contributed by atoms with van der Waals surface area (Å²) >= 11 is 0. The molecular weight excluding hydrogens is 220 g/mol. The molecule has 1 heterocycles. The number of phenolic OH excluding ortho intramolecular Hbond substituents is 1. The molecule has 0 saturated heterocycles. The van der Waals surface area contributed by atoms with Crippen molar-refractivity contribution in [3.05, 3.63) is 35.7 Å². The predicted octanol–water partition coefficient (Wildman–Crippen LogP) is 1.000. The number of nitrogens with zero attached hydrogens (tertiary/aromatic N) is 2. The number of hydrogen-bond donors (Lipinski definition) is 3. The van der Waals surface area contributed by atoms with Crippen molar-refractivity contribution in [3.63, 3.8) is 0 Å². The first-order valence-electron chi connectivity index (χ1n) is 5.11. The van der Waals surface area contributed by atoms with Gasteiger partial charge in [-0.25, -0.2) is 0 Å². The van der Waals surface area contributed by atoms with E-state index in [0.29, 0.717) is 11.4 Å². The normalized spacial score (nSPS) is 10.2. The van der Waals surface area contributed by atoms with Gasteiger partial charge in [0.05, 0.1) is 6.42 Å². The summed E-state index contributed by atoms with van der Waals surface area (Å²) < 4.78 is 0. The predicted molar refractivity (Wildman–Crippen MR) is 61.6 cm³/mol. The van der Waals surface area contributed by atoms with E-state index in [2.05, 4.69) is 20.5 Å². The van der Waals surface area contributed by atoms with Gasteiger partial charge in [0, 0.05) is 5.56 Å². The van der Waals surface area contributed by atoms with E-state index < -0.39 is 0 Å². The van der Waals surface area contributed by atoms with Crippen molar-refractivity contribution >= 4 is 11.9 Å². The smallest absolute Gasteiger partial charge is 0.248 e. The van der Waals surface area contributed by atoms with Gasteiger partial charge in [-0.05, 0) is 13.0 Å². The Kier molecular flexibility index (Phi) is 3.04. The molecule has 0 unspecified atom stereocenters. The lowest BCUT2D eigenvalue weighted by atomic mass is 10.1. The number of hydrogen-bond acceptors (Lipinski definition) is 4. The van der Waals surface area contributed by atoms with Crippen LogP contribution in [0.5, 0.6) is 5.75 Å². The number of para-hydroxylation sites is 1. The molecular formula is C11H12N4O2. The molecule has 6 heteroatoms. The van der Waals surface area contributed by atoms with Crippen molar-refractivity contribution in [2.24, 2.45) is 0 Å². The Morgan fingerprint density at radius 3 is 2.88 bits per heavy atom. The molecule has 0 aliphatic rings. The maximum absolute atomic E-state index is 11.6. The third-order valence-electron chi connectivity index (χ3n) is 2.19. The van der Waals surface area contributed by atoms with Gasteiger partial charge in [-0.3, -0.25) is 15.2 Å². The van der Waals surface area contributed by atoms with Crippen LogP contribution in [0.15, 0.2) is 24.3 Å². The van der Waals surface area contributed by atoms with E-state index in [-0.39, 0.29) is 24.0 Å². The highest BCUT2D eigenvalue weighted by molar-refractivity contribution is 5.90. The Labute approximate surface area is 97.7 Å². The molecule has 88 valence electrons. The third kappa shape index (κ3) is 2.81. The molecule has 0 fully saturated rings. The molecule has 0 aliphatic carbocycles. The van der Waals surface area contributed by atoms with Crippen LogP contribution in [-0.4, -0.2) is 26.2 Å². The van der Waals surface area contributed by atoms with Gasteiger partial charge in [-0.15, -0.1) is 5.10 Å². The van der Waals surface area contributed by atoms with Gasteiger partial charge in [0.2, 0.25) is 11.9 Å². The number of aryl methyl sites for hydroxylation is 1. The molecule has 0 spiro atoms. The van der Waals surface area contributed by atoms with E-state index in [9.17, 15) is 9.90 Å². The average molecular weight is 232 g/mol. The van der Waals surface area contributed by atoms with Gasteiger partial charge >= 0.3 is 0 Å². The maximum Gasteiger partial charge on any atom is 0.248 e. The molecule has 0 bridgehead atoms. The second-order valence-electron chi connectivity index (χ2n) is 3.60. The van der Waals surface area contributed by atoms with E-state index in [1.165, 1.54) is 0 Å². The first-order valence-corrected chi connectivity index (χ1v) is 5.11. The number of carbonyl (C=O) groups excluding carboxylic acids is 1. The van der Waals surface area contributed by atoms with Gasteiger partial charge < -0.3 is 5.11 Å². The van der Waals surface area contributed by atoms with Crippen molar-refractivity contribution < 1.29 is 9.90 Å². The monoisotopic (exact) mass is 232 g/mol. The largest absolute Gasteiger partial charge is 0.508 e. The first kappa shape index (κ1) is 11.1. The molecule has 17 heavy (non-hydrogen) atoms. The molecule has 2 rings (SSSR count). The molecule has 2 aromatic rings. The second kappa shape index (κ2) is 4.65. The molecule has 0 saturated carbocycles. The van der Waals surface area contributed by atoms with Crippen molar-refractivity contribution in [3.8, 4) is 5.75 Å². The summed E-state index contributed by atoms with van der Waals surface area (Å²) in [6, 6.07) is 6.70. The van der Waals surface area contributed by atoms with Crippen LogP contribution in [0, 0.1) is 6.92 Å². The minimum absolute atomic E-state index is 0.0836. The van der Waals surface area contributed by atoms with Crippen LogP contribution in [0.25, 0.3) is 0 Å². The SMILES string of the molecule is Cc1nc(NC(=O)Cc2ccccc2O)n[nH]1. The zero-order valence-corrected chi connectivity index (χ0v) is 9.27. The van der Waals surface area contributed by atoms with Gasteiger partial charge in [0.1, 0.15) is 11.6 Å². The minimum Gasteiger partial charge on any atom is -0.508 e. The molecule has 0 atom stereocenters. The summed E-state index contributed by atoms with van der Waals surface area (Å²) in [4.78, 5) is 15.6. The zero-order valence-electron chi connectivity index (χ0n) is 9.27. The van der Waals surface area contributed by atoms with Gasteiger partial charge in [-0.2, -0.15) is 4.98 Å². The Bertz CT molecular complexity index is 536. The number of anilines is 1. The van der Waals surface area contributed by atoms with Crippen molar-refractivity contribution in [2.45, 2.75) is 13.3 Å². The van der Waals surface area contributed by atoms with Gasteiger partial charge in [0.15, 0.2) is 0 Å². The van der Waals surface area contributed by atoms with Crippen LogP contribution in [-0.2, 0) is 11.2 Å². The quantitative estimate of drug-likeness (QED) is 0.736. The van der Waals surface area contributed by atoms with Crippen LogP contribution in [0.4, 0.5) is 5.95 Å². The van der Waals surface area contributed by atoms with E-state index in [4.69, 9.17) is 0 Å². The number of rotatable bonds is 3. The fourth-order valence-electron chi connectivity index (χ4n) is 1.40. The number of carbonyl (C=O) groups is 1. The summed E-state index contributed by atoms with van der Waals surface area (Å²) in [6.07, 6.45) is 0.0836. The number of nitrogens with one attached hydrogen (secondary N) is 2. The minimum atomic E-state index is -0.273. The lowest BCUT2D eigenvalue weighted by Crippen LogP contribution is -2.15. The highest BCUT2D eigenvalue weighted by atomic mass is 16.3. The van der Waals surface area contributed by atoms with Crippen LogP contribution < -0.4 is 5.32 Å². The standard InChI is InChI=1S/C11H12N4O2/c1-7-12-11(15-14-7)13-10(17)6-8-4-2-3-5-9(8)16/h2-5,16H,6H2,1H3,(H2,12,13,14,15,17). The Morgan fingerprint density at radius 1 is 1.47 bits per heavy atom. The molecule has 6 nitrogen and oxygen atoms in total. The third-order valence-corrected chi connectivity index (χ3v) is 2.19. The number of amides is 1. The molecule has 1 aromatic carbocycles. The van der Waals surface area contributed by atoms with Crippen molar-refractivity contribution in [1.82, 2.24) is 15.2 Å². The Morgan fingerprint density at radius 2 is 2.24 bits per heavy atom. The summed E-state index contributed by atoms with van der Waals surface area (Å²) in [6.45, 7) is 1.74. The lowest BCUT2D eigenvalue weighted by molar-refractivity contribution is -0.115. The van der Waals surface area contributed by atoms with Crippen LogP contribution in [0.3, 0.4) is 0 Å². The summed E-state index contributed by atoms with van der Waals surface area (Å²) in [5.74, 6) is 0.699. The van der Waals surface area contributed by atoms with Gasteiger partial charge in [-0.1, -0.05) is 18.2 Å².